The number of methoxy groups -OCH3 is 4. The van der Waals surface area contributed by atoms with Gasteiger partial charge in [-0.2, -0.15) is 15.0 Å². The van der Waals surface area contributed by atoms with Crippen LogP contribution in [-0.4, -0.2) is 325 Å². The molecular formula is C82H108N18O24. The van der Waals surface area contributed by atoms with E-state index in [0.29, 0.717) is 86.0 Å². The summed E-state index contributed by atoms with van der Waals surface area (Å²) in [5.74, 6) is -0.181. The van der Waals surface area contributed by atoms with Gasteiger partial charge in [-0.05, 0) is 70.8 Å². The number of nitrogens with zero attached hydrogens (tertiary/aromatic N) is 13. The lowest BCUT2D eigenvalue weighted by atomic mass is 9.92. The number of aromatic nitrogens is 10. The quantitative estimate of drug-likeness (QED) is 0.0147. The molecule has 670 valence electrons. The average Bonchev–Trinajstić information content (AvgIpc) is 1.63. The van der Waals surface area contributed by atoms with Crippen LogP contribution in [0.25, 0.3) is 11.2 Å². The second-order valence-corrected chi connectivity index (χ2v) is 27.2. The number of rotatable bonds is 63. The molecule has 5 heterocycles. The van der Waals surface area contributed by atoms with Gasteiger partial charge in [0.15, 0.2) is 53.6 Å². The number of imidazole rings is 4. The molecule has 9 rings (SSSR count). The molecule has 0 fully saturated rings. The van der Waals surface area contributed by atoms with Gasteiger partial charge in [-0.1, -0.05) is 48.5 Å². The van der Waals surface area contributed by atoms with Crippen LogP contribution in [0.1, 0.15) is 63.7 Å². The summed E-state index contributed by atoms with van der Waals surface area (Å²) >= 11 is 0. The van der Waals surface area contributed by atoms with Gasteiger partial charge in [-0.15, -0.1) is 0 Å². The van der Waals surface area contributed by atoms with Crippen LogP contribution in [0.5, 0.6) is 30.1 Å². The van der Waals surface area contributed by atoms with E-state index in [0.717, 1.165) is 22.3 Å². The van der Waals surface area contributed by atoms with E-state index in [9.17, 15) is 39.6 Å². The summed E-state index contributed by atoms with van der Waals surface area (Å²) in [6.45, 7) is 5.99. The van der Waals surface area contributed by atoms with E-state index >= 15 is 0 Å². The number of anilines is 1. The number of hydrogen-bond donors (Lipinski definition) is 9. The number of aromatic hydroxyl groups is 4. The highest BCUT2D eigenvalue weighted by molar-refractivity contribution is 5.96. The zero-order valence-corrected chi connectivity index (χ0v) is 69.7. The van der Waals surface area contributed by atoms with Crippen LogP contribution in [0, 0.1) is 5.41 Å². The Labute approximate surface area is 714 Å². The summed E-state index contributed by atoms with van der Waals surface area (Å²) in [6.07, 6.45) is 8.01. The number of benzene rings is 4. The van der Waals surface area contributed by atoms with E-state index in [-0.39, 0.29) is 235 Å². The molecule has 0 saturated heterocycles. The second-order valence-electron chi connectivity index (χ2n) is 27.2. The molecule has 9 aromatic rings. The predicted molar refractivity (Wildman–Crippen MR) is 449 cm³/mol. The minimum Gasteiger partial charge on any atom is -0.481 e. The maximum atomic E-state index is 13.3. The van der Waals surface area contributed by atoms with E-state index < -0.39 is 5.41 Å². The van der Waals surface area contributed by atoms with Crippen molar-refractivity contribution in [3.05, 3.63) is 160 Å². The molecule has 0 aliphatic heterocycles. The number of ether oxygens (including phenoxy) is 16. The Kier molecular flexibility index (Phi) is 41.2. The van der Waals surface area contributed by atoms with Crippen LogP contribution in [0.4, 0.5) is 23.3 Å². The van der Waals surface area contributed by atoms with Crippen LogP contribution in [0.2, 0.25) is 0 Å². The topological polar surface area (TPSA) is 505 Å². The highest BCUT2D eigenvalue weighted by atomic mass is 16.6. The lowest BCUT2D eigenvalue weighted by Crippen LogP contribution is -2.43. The molecule has 0 spiro atoms. The van der Waals surface area contributed by atoms with Crippen molar-refractivity contribution in [2.45, 2.75) is 26.2 Å². The number of carbonyl (C=O) groups is 4. The number of fused-ring (bicyclic) bond motifs is 1. The molecule has 4 amide bonds. The summed E-state index contributed by atoms with van der Waals surface area (Å²) < 4.78 is 96.3. The third-order valence-electron chi connectivity index (χ3n) is 18.0. The highest BCUT2D eigenvalue weighted by Gasteiger charge is 2.33. The van der Waals surface area contributed by atoms with Crippen molar-refractivity contribution in [2.75, 3.05) is 219 Å². The maximum Gasteiger partial charge on any atom is 0.320 e. The Balaban J connectivity index is 0.773. The van der Waals surface area contributed by atoms with E-state index in [2.05, 4.69) is 66.1 Å². The monoisotopic (exact) mass is 1730 g/mol. The first-order valence-electron chi connectivity index (χ1n) is 39.7. The van der Waals surface area contributed by atoms with Crippen molar-refractivity contribution in [3.63, 3.8) is 0 Å². The van der Waals surface area contributed by atoms with Gasteiger partial charge in [-0.3, -0.25) is 37.4 Å². The third-order valence-corrected chi connectivity index (χ3v) is 18.0. The van der Waals surface area contributed by atoms with Gasteiger partial charge < -0.3 is 123 Å². The fourth-order valence-corrected chi connectivity index (χ4v) is 11.5. The molecule has 0 radical (unpaired) electrons. The zero-order valence-electron chi connectivity index (χ0n) is 69.7. The van der Waals surface area contributed by atoms with Crippen molar-refractivity contribution in [3.8, 4) is 30.1 Å². The molecule has 42 heteroatoms. The van der Waals surface area contributed by atoms with Gasteiger partial charge in [0.1, 0.15) is 26.4 Å². The van der Waals surface area contributed by atoms with Crippen molar-refractivity contribution in [2.24, 2.45) is 20.4 Å². The molecule has 10 N–H and O–H groups in total. The fourth-order valence-electron chi connectivity index (χ4n) is 11.5. The number of nitrogens with two attached hydrogens (primary N) is 1. The Morgan fingerprint density at radius 3 is 0.960 bits per heavy atom. The van der Waals surface area contributed by atoms with E-state index in [4.69, 9.17) is 81.5 Å². The summed E-state index contributed by atoms with van der Waals surface area (Å²) in [5, 5.41) is 53.5. The highest BCUT2D eigenvalue weighted by Crippen LogP contribution is 2.29. The van der Waals surface area contributed by atoms with E-state index in [1.165, 1.54) is 63.2 Å². The Bertz CT molecular complexity index is 4430. The smallest absolute Gasteiger partial charge is 0.320 e. The van der Waals surface area contributed by atoms with Crippen molar-refractivity contribution in [1.29, 1.82) is 0 Å². The van der Waals surface area contributed by atoms with E-state index in [1.54, 1.807) is 118 Å². The van der Waals surface area contributed by atoms with Gasteiger partial charge in [0.25, 0.3) is 47.7 Å². The van der Waals surface area contributed by atoms with Crippen molar-refractivity contribution < 1.29 is 115 Å². The van der Waals surface area contributed by atoms with Crippen LogP contribution >= 0.6 is 0 Å². The van der Waals surface area contributed by atoms with E-state index in [1.807, 2.05) is 0 Å². The summed E-state index contributed by atoms with van der Waals surface area (Å²) in [7, 11) is 6.22. The average molecular weight is 1730 g/mol. The molecule has 42 nitrogen and oxygen atoms in total. The van der Waals surface area contributed by atoms with Gasteiger partial charge in [0.05, 0.1) is 182 Å². The molecule has 0 unspecified atom stereocenters. The van der Waals surface area contributed by atoms with Crippen LogP contribution in [0.3, 0.4) is 0 Å². The SMILES string of the molecule is COCCO/C=N/c1cnc(O)n1Cc1ccc(C(=O)NCCOCCOCC(COCCOCCNC(=O)c2ccc(Cn3c(/N=C/OCCOC)cnc3O)cc2)(COCCOCCNC(=O)c2ccc(Cn3c(/N=C/OCCOC)cnc3O)cc2)COCCOCCNC(=O)c2ccc(Cn3c(O)nc4c(N)nc(OCCOC)nc43)cc2)cc1. The first kappa shape index (κ1) is 95.5. The lowest BCUT2D eigenvalue weighted by molar-refractivity contribution is -0.121. The largest absolute Gasteiger partial charge is 0.481 e. The molecule has 0 saturated carbocycles. The molecule has 0 aliphatic rings. The first-order valence-corrected chi connectivity index (χ1v) is 39.7. The lowest BCUT2D eigenvalue weighted by Gasteiger charge is -2.33. The molecular weight excluding hydrogens is 1620 g/mol. The maximum absolute atomic E-state index is 13.3. The standard InChI is InChI=1S/C82H108N18O24/c1-109-29-33-121-56-91-67-45-88-78(105)97(67)48-59-5-13-63(14-6-59)73(101)84-21-25-113-36-40-117-52-82(53-118-41-37-114-26-22-85-74(102)64-15-7-60(8-16-64)49-98-68(46-89-79(98)106)92-57-122-34-30-110-2,54-119-42-38-115-27-23-86-75(103)65-17-9-61(10-18-65)50-99-69(47-90-80(99)107)93-58-123-35-31-111-3)55-120-43-39-116-28-24-87-76(104)66-19-11-62(12-20-66)51-100-72-70(94-81(100)108)71(83)95-77(96-72)124-44-32-112-4/h5-20,45-47,56-58H,21-44,48-55H2,1-4H3,(H,84,101)(H,85,102)(H,86,103)(H,87,104)(H,88,105)(H,89,106)(H,90,107)(H,94,108)(H2,83,95,96)/b91-56+,92-57+,93-58+. The second kappa shape index (κ2) is 53.5. The third kappa shape index (κ3) is 32.2. The Hall–Kier alpha value is -12.3. The number of amides is 4. The van der Waals surface area contributed by atoms with Crippen LogP contribution < -0.4 is 31.7 Å². The normalized spacial score (nSPS) is 11.7. The van der Waals surface area contributed by atoms with Crippen molar-refractivity contribution in [1.82, 2.24) is 69.4 Å². The zero-order chi connectivity index (χ0) is 87.8. The van der Waals surface area contributed by atoms with Crippen LogP contribution in [-0.2, 0) is 97.2 Å². The predicted octanol–water partition coefficient (Wildman–Crippen LogP) is 4.15. The first-order chi connectivity index (χ1) is 60.6. The molecule has 4 aromatic carbocycles. The molecule has 124 heavy (non-hydrogen) atoms. The van der Waals surface area contributed by atoms with Gasteiger partial charge >= 0.3 is 6.01 Å². The summed E-state index contributed by atoms with van der Waals surface area (Å²) in [5.41, 5.74) is 10.3. The number of carbonyl (C=O) groups excluding carboxylic acids is 4. The summed E-state index contributed by atoms with van der Waals surface area (Å²) in [4.78, 5) is 90.2. The molecule has 5 aromatic heterocycles. The minimum absolute atomic E-state index is 0.000302. The van der Waals surface area contributed by atoms with Gasteiger partial charge in [0, 0.05) is 76.9 Å². The number of aliphatic imine (C=N–C) groups is 3. The fraction of sp³-hybridized carbons (Fsp3) is 0.451. The summed E-state index contributed by atoms with van der Waals surface area (Å²) in [6, 6.07) is 26.4. The molecule has 0 bridgehead atoms. The minimum atomic E-state index is -0.963. The van der Waals surface area contributed by atoms with Gasteiger partial charge in [-0.25, -0.2) is 29.9 Å². The molecule has 0 aliphatic carbocycles. The number of hydrogen-bond acceptors (Lipinski definition) is 34. The van der Waals surface area contributed by atoms with Crippen molar-refractivity contribution >= 4 is 77.3 Å². The number of nitrogens with one attached hydrogen (secondary N) is 4. The van der Waals surface area contributed by atoms with Crippen LogP contribution in [0.15, 0.2) is 131 Å². The Morgan fingerprint density at radius 2 is 0.653 bits per heavy atom. The Morgan fingerprint density at radius 1 is 0.363 bits per heavy atom. The molecule has 0 atom stereocenters. The number of nitrogen functional groups attached to an aromatic ring is 1. The van der Waals surface area contributed by atoms with Gasteiger partial charge in [0.2, 0.25) is 0 Å².